The maximum absolute atomic E-state index is 13.9. The van der Waals surface area contributed by atoms with Crippen molar-refractivity contribution in [3.8, 4) is 0 Å². The number of amides is 1. The van der Waals surface area contributed by atoms with E-state index in [1.807, 2.05) is 19.2 Å². The van der Waals surface area contributed by atoms with E-state index >= 15 is 0 Å². The number of piperidine rings is 1. The first-order valence-corrected chi connectivity index (χ1v) is 10.3. The molecule has 6 nitrogen and oxygen atoms in total. The van der Waals surface area contributed by atoms with Gasteiger partial charge in [-0.25, -0.2) is 4.39 Å². The van der Waals surface area contributed by atoms with Crippen LogP contribution in [0.3, 0.4) is 0 Å². The molecule has 2 aromatic heterocycles. The van der Waals surface area contributed by atoms with Crippen molar-refractivity contribution in [2.75, 3.05) is 26.7 Å². The standard InChI is InChI=1S/C23H27FN4O2.FH.H2/c1-26(22(29)19-15-27(2)23(30)21-18(19)7-10-25-21)13-16-8-11-28(12-9-16)14-17-5-3-4-6-20(17)24;;/h3-7,10,15-16,25H,8-9,11-14H2,1-2H3;2*1H. The predicted octanol–water partition coefficient (Wildman–Crippen LogP) is 3.39. The first kappa shape index (κ1) is 22.7. The maximum atomic E-state index is 13.9. The van der Waals surface area contributed by atoms with Gasteiger partial charge in [-0.1, -0.05) is 18.2 Å². The summed E-state index contributed by atoms with van der Waals surface area (Å²) < 4.78 is 15.3. The number of hydrogen-bond acceptors (Lipinski definition) is 3. The van der Waals surface area contributed by atoms with Crippen molar-refractivity contribution in [2.45, 2.75) is 19.4 Å². The molecule has 3 heterocycles. The molecule has 0 spiro atoms. The number of likely N-dealkylation sites (tertiary alicyclic amines) is 1. The number of nitrogens with one attached hydrogen (secondary N) is 1. The Morgan fingerprint density at radius 2 is 1.97 bits per heavy atom. The van der Waals surface area contributed by atoms with Gasteiger partial charge in [0.2, 0.25) is 0 Å². The van der Waals surface area contributed by atoms with E-state index in [2.05, 4.69) is 9.88 Å². The number of carbonyl (C=O) groups is 1. The normalized spacial score (nSPS) is 15.1. The second-order valence-corrected chi connectivity index (χ2v) is 8.22. The number of nitrogens with zero attached hydrogens (tertiary/aromatic N) is 3. The average Bonchev–Trinajstić information content (AvgIpc) is 3.23. The fourth-order valence-corrected chi connectivity index (χ4v) is 4.31. The van der Waals surface area contributed by atoms with Crippen molar-refractivity contribution in [3.63, 3.8) is 0 Å². The summed E-state index contributed by atoms with van der Waals surface area (Å²) in [6.07, 6.45) is 5.25. The lowest BCUT2D eigenvalue weighted by molar-refractivity contribution is 0.0738. The van der Waals surface area contributed by atoms with E-state index in [4.69, 9.17) is 0 Å². The van der Waals surface area contributed by atoms with E-state index in [-0.39, 0.29) is 23.4 Å². The number of pyridine rings is 1. The van der Waals surface area contributed by atoms with Gasteiger partial charge >= 0.3 is 0 Å². The summed E-state index contributed by atoms with van der Waals surface area (Å²) in [5.41, 5.74) is 1.58. The third-order valence-corrected chi connectivity index (χ3v) is 6.06. The van der Waals surface area contributed by atoms with Gasteiger partial charge in [0.15, 0.2) is 0 Å². The molecule has 0 aliphatic carbocycles. The number of fused-ring (bicyclic) bond motifs is 1. The largest absolute Gasteiger partial charge is 0.357 e. The minimum atomic E-state index is -0.154. The number of benzene rings is 1. The van der Waals surface area contributed by atoms with Crippen LogP contribution in [0.4, 0.5) is 9.09 Å². The molecule has 1 aliphatic rings. The predicted molar refractivity (Wildman–Crippen MR) is 120 cm³/mol. The molecule has 168 valence electrons. The zero-order valence-electron chi connectivity index (χ0n) is 17.8. The lowest BCUT2D eigenvalue weighted by Gasteiger charge is -2.34. The first-order valence-electron chi connectivity index (χ1n) is 10.3. The van der Waals surface area contributed by atoms with Gasteiger partial charge in [-0.3, -0.25) is 19.2 Å². The van der Waals surface area contributed by atoms with Crippen LogP contribution in [0.2, 0.25) is 0 Å². The summed E-state index contributed by atoms with van der Waals surface area (Å²) in [4.78, 5) is 32.3. The van der Waals surface area contributed by atoms with E-state index in [1.165, 1.54) is 10.6 Å². The van der Waals surface area contributed by atoms with E-state index in [0.717, 1.165) is 31.5 Å². The topological polar surface area (TPSA) is 61.3 Å². The Labute approximate surface area is 181 Å². The molecule has 3 aromatic rings. The maximum Gasteiger partial charge on any atom is 0.274 e. The second-order valence-electron chi connectivity index (χ2n) is 8.22. The van der Waals surface area contributed by atoms with Crippen molar-refractivity contribution in [1.82, 2.24) is 19.4 Å². The smallest absolute Gasteiger partial charge is 0.274 e. The summed E-state index contributed by atoms with van der Waals surface area (Å²) in [5.74, 6) is 0.173. The van der Waals surface area contributed by atoms with Gasteiger partial charge in [-0.15, -0.1) is 0 Å². The molecule has 1 fully saturated rings. The fourth-order valence-electron chi connectivity index (χ4n) is 4.31. The Hall–Kier alpha value is -3.00. The monoisotopic (exact) mass is 432 g/mol. The highest BCUT2D eigenvalue weighted by molar-refractivity contribution is 6.05. The quantitative estimate of drug-likeness (QED) is 0.672. The number of rotatable bonds is 5. The third-order valence-electron chi connectivity index (χ3n) is 6.06. The molecule has 0 atom stereocenters. The molecule has 0 radical (unpaired) electrons. The molecular formula is C23H30F2N4O2. The Morgan fingerprint density at radius 3 is 2.68 bits per heavy atom. The minimum absolute atomic E-state index is 0. The molecule has 1 amide bonds. The van der Waals surface area contributed by atoms with Gasteiger partial charge in [-0.05, 0) is 44.0 Å². The van der Waals surface area contributed by atoms with Crippen molar-refractivity contribution in [3.05, 3.63) is 70.0 Å². The summed E-state index contributed by atoms with van der Waals surface area (Å²) in [6, 6.07) is 8.70. The van der Waals surface area contributed by atoms with Gasteiger partial charge < -0.3 is 14.5 Å². The highest BCUT2D eigenvalue weighted by Crippen LogP contribution is 2.22. The molecule has 31 heavy (non-hydrogen) atoms. The van der Waals surface area contributed by atoms with Gasteiger partial charge in [0.05, 0.1) is 5.56 Å². The molecule has 1 aliphatic heterocycles. The number of aromatic amines is 1. The average molecular weight is 433 g/mol. The minimum Gasteiger partial charge on any atom is -0.357 e. The number of halogens is 2. The number of aryl methyl sites for hydroxylation is 1. The van der Waals surface area contributed by atoms with Crippen molar-refractivity contribution in [1.29, 1.82) is 0 Å². The second kappa shape index (κ2) is 9.43. The summed E-state index contributed by atoms with van der Waals surface area (Å²) in [6.45, 7) is 3.07. The van der Waals surface area contributed by atoms with E-state index in [9.17, 15) is 14.0 Å². The fraction of sp³-hybridized carbons (Fsp3) is 0.391. The lowest BCUT2D eigenvalue weighted by atomic mass is 9.95. The Kier molecular flexibility index (Phi) is 6.90. The van der Waals surface area contributed by atoms with Crippen molar-refractivity contribution >= 4 is 16.8 Å². The van der Waals surface area contributed by atoms with Gasteiger partial charge in [0.1, 0.15) is 11.3 Å². The number of carbonyl (C=O) groups excluding carboxylic acids is 1. The molecule has 1 N–H and O–H groups in total. The zero-order valence-corrected chi connectivity index (χ0v) is 17.8. The van der Waals surface area contributed by atoms with Gasteiger partial charge in [-0.2, -0.15) is 0 Å². The van der Waals surface area contributed by atoms with Crippen LogP contribution >= 0.6 is 0 Å². The molecule has 8 heteroatoms. The van der Waals surface area contributed by atoms with Crippen LogP contribution in [0.5, 0.6) is 0 Å². The van der Waals surface area contributed by atoms with Gasteiger partial charge in [0.25, 0.3) is 11.5 Å². The lowest BCUT2D eigenvalue weighted by Crippen LogP contribution is -2.39. The number of hydrogen-bond donors (Lipinski definition) is 1. The number of aromatic nitrogens is 2. The van der Waals surface area contributed by atoms with Crippen LogP contribution < -0.4 is 5.56 Å². The van der Waals surface area contributed by atoms with Crippen LogP contribution in [-0.2, 0) is 13.6 Å². The Balaban J connectivity index is 0.00000181. The van der Waals surface area contributed by atoms with Gasteiger partial charge in [0, 0.05) is 52.0 Å². The van der Waals surface area contributed by atoms with Crippen LogP contribution in [0, 0.1) is 11.7 Å². The summed E-state index contributed by atoms with van der Waals surface area (Å²) in [7, 11) is 3.47. The molecular weight excluding hydrogens is 402 g/mol. The van der Waals surface area contributed by atoms with Crippen LogP contribution in [0.25, 0.3) is 10.9 Å². The third kappa shape index (κ3) is 4.69. The molecule has 1 aromatic carbocycles. The highest BCUT2D eigenvalue weighted by atomic mass is 19.1. The highest BCUT2D eigenvalue weighted by Gasteiger charge is 2.24. The van der Waals surface area contributed by atoms with Crippen molar-refractivity contribution < 1.29 is 15.3 Å². The summed E-state index contributed by atoms with van der Waals surface area (Å²) in [5, 5.41) is 0.662. The molecule has 0 unspecified atom stereocenters. The summed E-state index contributed by atoms with van der Waals surface area (Å²) >= 11 is 0. The molecule has 4 rings (SSSR count). The molecule has 0 saturated carbocycles. The molecule has 0 bridgehead atoms. The van der Waals surface area contributed by atoms with E-state index in [1.54, 1.807) is 36.5 Å². The van der Waals surface area contributed by atoms with E-state index in [0.29, 0.717) is 35.5 Å². The first-order chi connectivity index (χ1) is 14.4. The molecule has 1 saturated heterocycles. The van der Waals surface area contributed by atoms with E-state index < -0.39 is 0 Å². The van der Waals surface area contributed by atoms with Crippen molar-refractivity contribution in [2.24, 2.45) is 13.0 Å². The Bertz CT molecular complexity index is 1120. The number of H-pyrrole nitrogens is 1. The van der Waals surface area contributed by atoms with Crippen LogP contribution in [0.15, 0.2) is 47.5 Å². The van der Waals surface area contributed by atoms with Crippen LogP contribution in [-0.4, -0.2) is 51.9 Å². The Morgan fingerprint density at radius 1 is 1.26 bits per heavy atom. The van der Waals surface area contributed by atoms with Crippen LogP contribution in [0.1, 0.15) is 30.2 Å². The SMILES string of the molecule is CN(CC1CCN(Cc2ccccc2F)CC1)C(=O)c1cn(C)c(=O)c2[nH]ccc12.F.[HH]. The zero-order chi connectivity index (χ0) is 21.3.